The lowest BCUT2D eigenvalue weighted by molar-refractivity contribution is -0.893. The van der Waals surface area contributed by atoms with Crippen LogP contribution in [0.5, 0.6) is 0 Å². The fourth-order valence-corrected chi connectivity index (χ4v) is 4.17. The third-order valence-corrected chi connectivity index (χ3v) is 5.48. The van der Waals surface area contributed by atoms with Crippen LogP contribution in [-0.2, 0) is 0 Å². The van der Waals surface area contributed by atoms with Gasteiger partial charge in [-0.25, -0.2) is 0 Å². The van der Waals surface area contributed by atoms with Gasteiger partial charge in [-0.1, -0.05) is 111 Å². The SMILES string of the molecule is CCCCCCCCCCCCCCCCCC[N+](C)(C)CC(C)C.[Cl-]. The smallest absolute Gasteiger partial charge is 0.0805 e. The van der Waals surface area contributed by atoms with E-state index in [2.05, 4.69) is 34.9 Å². The normalized spacial score (nSPS) is 11.8. The van der Waals surface area contributed by atoms with Crippen molar-refractivity contribution in [1.29, 1.82) is 0 Å². The van der Waals surface area contributed by atoms with E-state index in [0.29, 0.717) is 0 Å². The molecule has 0 bridgehead atoms. The second kappa shape index (κ2) is 20.0. The van der Waals surface area contributed by atoms with Crippen molar-refractivity contribution in [2.24, 2.45) is 5.92 Å². The molecule has 0 spiro atoms. The van der Waals surface area contributed by atoms with E-state index in [1.54, 1.807) is 0 Å². The van der Waals surface area contributed by atoms with Gasteiger partial charge in [-0.2, -0.15) is 0 Å². The van der Waals surface area contributed by atoms with Crippen LogP contribution in [0, 0.1) is 5.92 Å². The van der Waals surface area contributed by atoms with Crippen molar-refractivity contribution in [2.45, 2.75) is 124 Å². The zero-order chi connectivity index (χ0) is 18.8. The average molecular weight is 390 g/mol. The Hall–Kier alpha value is 0.250. The summed E-state index contributed by atoms with van der Waals surface area (Å²) in [6.45, 7) is 9.66. The van der Waals surface area contributed by atoms with E-state index < -0.39 is 0 Å². The third kappa shape index (κ3) is 22.3. The molecule has 1 nitrogen and oxygen atoms in total. The van der Waals surface area contributed by atoms with Crippen LogP contribution in [0.15, 0.2) is 0 Å². The topological polar surface area (TPSA) is 0 Å². The molecule has 0 atom stereocenters. The van der Waals surface area contributed by atoms with Gasteiger partial charge in [0, 0.05) is 5.92 Å². The molecule has 0 amide bonds. The molecule has 0 unspecified atom stereocenters. The van der Waals surface area contributed by atoms with Gasteiger partial charge in [-0.3, -0.25) is 0 Å². The first-order valence-corrected chi connectivity index (χ1v) is 11.8. The first kappa shape index (κ1) is 28.5. The predicted molar refractivity (Wildman–Crippen MR) is 116 cm³/mol. The van der Waals surface area contributed by atoms with Gasteiger partial charge < -0.3 is 16.9 Å². The molecule has 160 valence electrons. The summed E-state index contributed by atoms with van der Waals surface area (Å²) in [6, 6.07) is 0. The van der Waals surface area contributed by atoms with Crippen LogP contribution < -0.4 is 12.4 Å². The van der Waals surface area contributed by atoms with Crippen LogP contribution in [0.3, 0.4) is 0 Å². The molecule has 2 heteroatoms. The molecule has 0 radical (unpaired) electrons. The molecule has 0 N–H and O–H groups in total. The van der Waals surface area contributed by atoms with Gasteiger partial charge in [0.25, 0.3) is 0 Å². The third-order valence-electron chi connectivity index (χ3n) is 5.48. The van der Waals surface area contributed by atoms with Gasteiger partial charge in [-0.15, -0.1) is 0 Å². The Bertz CT molecular complexity index is 263. The minimum Gasteiger partial charge on any atom is -1.00 e. The number of halogens is 1. The number of rotatable bonds is 19. The van der Waals surface area contributed by atoms with Gasteiger partial charge >= 0.3 is 0 Å². The van der Waals surface area contributed by atoms with Gasteiger partial charge in [0.15, 0.2) is 0 Å². The molecule has 0 saturated heterocycles. The second-order valence-corrected chi connectivity index (χ2v) is 9.54. The maximum atomic E-state index is 2.39. The molecule has 0 rings (SSSR count). The molecule has 26 heavy (non-hydrogen) atoms. The lowest BCUT2D eigenvalue weighted by Gasteiger charge is -2.31. The van der Waals surface area contributed by atoms with Gasteiger partial charge in [-0.05, 0) is 12.8 Å². The largest absolute Gasteiger partial charge is 1.00 e. The van der Waals surface area contributed by atoms with Gasteiger partial charge in [0.1, 0.15) is 0 Å². The monoisotopic (exact) mass is 389 g/mol. The molecule has 0 aliphatic heterocycles. The highest BCUT2D eigenvalue weighted by Gasteiger charge is 2.15. The van der Waals surface area contributed by atoms with Crippen molar-refractivity contribution < 1.29 is 16.9 Å². The van der Waals surface area contributed by atoms with Crippen molar-refractivity contribution in [3.05, 3.63) is 0 Å². The Morgan fingerprint density at radius 1 is 0.538 bits per heavy atom. The van der Waals surface area contributed by atoms with Crippen molar-refractivity contribution in [1.82, 2.24) is 0 Å². The van der Waals surface area contributed by atoms with Crippen molar-refractivity contribution in [3.63, 3.8) is 0 Å². The fourth-order valence-electron chi connectivity index (χ4n) is 4.17. The summed E-state index contributed by atoms with van der Waals surface area (Å²) < 4.78 is 1.20. The summed E-state index contributed by atoms with van der Waals surface area (Å²) in [5, 5.41) is 0. The molecule has 0 aliphatic rings. The van der Waals surface area contributed by atoms with Crippen LogP contribution in [0.2, 0.25) is 0 Å². The number of hydrogen-bond donors (Lipinski definition) is 0. The number of unbranched alkanes of at least 4 members (excludes halogenated alkanes) is 15. The lowest BCUT2D eigenvalue weighted by Crippen LogP contribution is -3.00. The minimum absolute atomic E-state index is 0. The molecule has 0 aromatic carbocycles. The van der Waals surface area contributed by atoms with Crippen LogP contribution in [0.1, 0.15) is 124 Å². The number of nitrogens with zero attached hydrogens (tertiary/aromatic N) is 1. The van der Waals surface area contributed by atoms with E-state index in [1.807, 2.05) is 0 Å². The molecule has 0 heterocycles. The zero-order valence-corrected chi connectivity index (χ0v) is 19.9. The van der Waals surface area contributed by atoms with E-state index in [0.717, 1.165) is 5.92 Å². The minimum atomic E-state index is 0. The lowest BCUT2D eigenvalue weighted by atomic mass is 10.0. The fraction of sp³-hybridized carbons (Fsp3) is 1.00. The molecule has 0 fully saturated rings. The van der Waals surface area contributed by atoms with Crippen molar-refractivity contribution >= 4 is 0 Å². The van der Waals surface area contributed by atoms with E-state index in [1.165, 1.54) is 120 Å². The van der Waals surface area contributed by atoms with Crippen molar-refractivity contribution in [2.75, 3.05) is 27.2 Å². The predicted octanol–water partition coefficient (Wildman–Crippen LogP) is 4.98. The van der Waals surface area contributed by atoms with Crippen LogP contribution in [0.25, 0.3) is 0 Å². The summed E-state index contributed by atoms with van der Waals surface area (Å²) in [7, 11) is 4.79. The summed E-state index contributed by atoms with van der Waals surface area (Å²) >= 11 is 0. The first-order valence-electron chi connectivity index (χ1n) is 11.8. The number of hydrogen-bond acceptors (Lipinski definition) is 0. The first-order chi connectivity index (χ1) is 12.0. The standard InChI is InChI=1S/C24H52N.ClH/c1-6-7-8-9-10-11-12-13-14-15-16-17-18-19-20-21-22-25(4,5)23-24(2)3;/h24H,6-23H2,1-5H3;1H/q+1;/p-1. The highest BCUT2D eigenvalue weighted by Crippen LogP contribution is 2.14. The molecular formula is C24H52ClN. The Labute approximate surface area is 173 Å². The van der Waals surface area contributed by atoms with Crippen molar-refractivity contribution in [3.8, 4) is 0 Å². The molecule has 0 aromatic heterocycles. The van der Waals surface area contributed by atoms with Crippen LogP contribution in [0.4, 0.5) is 0 Å². The highest BCUT2D eigenvalue weighted by atomic mass is 35.5. The molecular weight excluding hydrogens is 338 g/mol. The van der Waals surface area contributed by atoms with Crippen LogP contribution in [-0.4, -0.2) is 31.7 Å². The zero-order valence-electron chi connectivity index (χ0n) is 19.1. The van der Waals surface area contributed by atoms with E-state index >= 15 is 0 Å². The molecule has 0 aliphatic carbocycles. The number of quaternary nitrogens is 1. The quantitative estimate of drug-likeness (QED) is 0.216. The summed E-state index contributed by atoms with van der Waals surface area (Å²) in [5.41, 5.74) is 0. The highest BCUT2D eigenvalue weighted by molar-refractivity contribution is 4.50. The summed E-state index contributed by atoms with van der Waals surface area (Å²) in [5.74, 6) is 0.816. The maximum Gasteiger partial charge on any atom is 0.0805 e. The molecule has 0 saturated carbocycles. The van der Waals surface area contributed by atoms with E-state index in [4.69, 9.17) is 0 Å². The molecule has 0 aromatic rings. The average Bonchev–Trinajstić information content (AvgIpc) is 2.53. The Morgan fingerprint density at radius 2 is 0.846 bits per heavy atom. The van der Waals surface area contributed by atoms with Gasteiger partial charge in [0.05, 0.1) is 27.2 Å². The second-order valence-electron chi connectivity index (χ2n) is 9.54. The Balaban J connectivity index is 0. The Morgan fingerprint density at radius 3 is 1.15 bits per heavy atom. The van der Waals surface area contributed by atoms with E-state index in [-0.39, 0.29) is 12.4 Å². The summed E-state index contributed by atoms with van der Waals surface area (Å²) in [4.78, 5) is 0. The van der Waals surface area contributed by atoms with E-state index in [9.17, 15) is 0 Å². The summed E-state index contributed by atoms with van der Waals surface area (Å²) in [6.07, 6.45) is 23.4. The Kier molecular flexibility index (Phi) is 21.9. The van der Waals surface area contributed by atoms with Gasteiger partial charge in [0.2, 0.25) is 0 Å². The maximum absolute atomic E-state index is 2.39. The van der Waals surface area contributed by atoms with Crippen LogP contribution >= 0.6 is 0 Å².